The summed E-state index contributed by atoms with van der Waals surface area (Å²) >= 11 is 19.7. The Kier molecular flexibility index (Phi) is 13.1. The molecule has 0 spiro atoms. The molecule has 0 saturated carbocycles. The van der Waals surface area contributed by atoms with Crippen molar-refractivity contribution >= 4 is 102 Å². The van der Waals surface area contributed by atoms with Gasteiger partial charge < -0.3 is 33.9 Å². The van der Waals surface area contributed by atoms with Crippen LogP contribution in [0.4, 0.5) is 0 Å². The van der Waals surface area contributed by atoms with Crippen LogP contribution in [0.5, 0.6) is 0 Å². The third-order valence-electron chi connectivity index (χ3n) is 3.93. The van der Waals surface area contributed by atoms with E-state index in [0.29, 0.717) is 0 Å². The van der Waals surface area contributed by atoms with Crippen molar-refractivity contribution in [3.05, 3.63) is 80.7 Å². The first-order chi connectivity index (χ1) is 14.6. The Morgan fingerprint density at radius 1 is 0.636 bits per heavy atom. The fraction of sp³-hybridized carbons (Fsp3) is 0.0870. The minimum atomic E-state index is 0. The summed E-state index contributed by atoms with van der Waals surface area (Å²) in [6.45, 7) is 0. The van der Waals surface area contributed by atoms with Gasteiger partial charge in [0.25, 0.3) is 0 Å². The average molecular weight is 556 g/mol. The molecule has 0 unspecified atom stereocenters. The molecule has 3 nitrogen and oxygen atoms in total. The Labute approximate surface area is 243 Å². The number of nitrogens with one attached hydrogen (secondary N) is 2. The molecule has 10 heteroatoms. The van der Waals surface area contributed by atoms with E-state index in [1.807, 2.05) is 60.7 Å². The Balaban J connectivity index is 0.000000237. The summed E-state index contributed by atoms with van der Waals surface area (Å²) in [5.41, 5.74) is 3.28. The molecule has 0 radical (unpaired) electrons. The van der Waals surface area contributed by atoms with Crippen LogP contribution in [0.1, 0.15) is 14.9 Å². The summed E-state index contributed by atoms with van der Waals surface area (Å²) in [5, 5.41) is 0. The van der Waals surface area contributed by atoms with Crippen LogP contribution in [0, 0.1) is 7.91 Å². The van der Waals surface area contributed by atoms with E-state index < -0.39 is 0 Å². The molecule has 6 aromatic rings. The van der Waals surface area contributed by atoms with Crippen LogP contribution < -0.4 is 29.6 Å². The van der Waals surface area contributed by atoms with E-state index in [2.05, 4.69) is 27.1 Å². The third kappa shape index (κ3) is 8.31. The largest absolute Gasteiger partial charge is 1.00 e. The van der Waals surface area contributed by atoms with Crippen LogP contribution in [0.25, 0.3) is 30.6 Å². The van der Waals surface area contributed by atoms with Crippen LogP contribution in [-0.4, -0.2) is 15.0 Å². The molecule has 0 aliphatic rings. The van der Waals surface area contributed by atoms with E-state index in [-0.39, 0.29) is 44.4 Å². The summed E-state index contributed by atoms with van der Waals surface area (Å²) in [4.78, 5) is 10.3. The first-order valence-corrected chi connectivity index (χ1v) is 12.4. The van der Waals surface area contributed by atoms with Gasteiger partial charge in [-0.3, -0.25) is 4.98 Å². The molecule has 0 aliphatic carbocycles. The number of fused-ring (bicyclic) bond motifs is 3. The number of benzene rings is 3. The van der Waals surface area contributed by atoms with E-state index in [0.717, 1.165) is 28.8 Å². The molecule has 0 atom stereocenters. The maximum Gasteiger partial charge on any atom is 1.00 e. The van der Waals surface area contributed by atoms with Gasteiger partial charge in [-0.05, 0) is 63.8 Å². The molecule has 2 N–H and O–H groups in total. The zero-order chi connectivity index (χ0) is 20.9. The molecular weight excluding hydrogens is 534 g/mol. The van der Waals surface area contributed by atoms with Crippen LogP contribution in [0.2, 0.25) is 0 Å². The SMILES string of the molecule is C.C.S=c1[nH]c2ccccc2s1.S=c1[nH]c2ccccc2s1.[Na+].[S-]c1nc2ccccc2s1. The maximum atomic E-state index is 4.98. The number of para-hydroxylation sites is 3. The smallest absolute Gasteiger partial charge is 0.408 e. The average Bonchev–Trinajstić information content (AvgIpc) is 3.41. The number of thiazole rings is 3. The molecule has 0 fully saturated rings. The van der Waals surface area contributed by atoms with Gasteiger partial charge in [0.05, 0.1) is 25.9 Å². The van der Waals surface area contributed by atoms with E-state index in [9.17, 15) is 0 Å². The van der Waals surface area contributed by atoms with Gasteiger partial charge in [0.15, 0.2) is 7.91 Å². The van der Waals surface area contributed by atoms with Crippen molar-refractivity contribution in [3.63, 3.8) is 0 Å². The zero-order valence-corrected chi connectivity index (χ0v) is 23.2. The van der Waals surface area contributed by atoms with Gasteiger partial charge >= 0.3 is 29.6 Å². The van der Waals surface area contributed by atoms with Crippen LogP contribution in [0.3, 0.4) is 0 Å². The molecule has 3 aromatic carbocycles. The fourth-order valence-electron chi connectivity index (χ4n) is 2.64. The molecule has 0 saturated heterocycles. The first-order valence-electron chi connectivity index (χ1n) is 8.77. The molecule has 3 heterocycles. The van der Waals surface area contributed by atoms with Gasteiger partial charge in [0.1, 0.15) is 0 Å². The summed E-state index contributed by atoms with van der Waals surface area (Å²) in [6.07, 6.45) is 0. The van der Waals surface area contributed by atoms with Crippen molar-refractivity contribution in [3.8, 4) is 0 Å². The predicted octanol–water partition coefficient (Wildman–Crippen LogP) is 6.40. The Morgan fingerprint density at radius 2 is 1.06 bits per heavy atom. The van der Waals surface area contributed by atoms with Gasteiger partial charge in [0.2, 0.25) is 0 Å². The normalized spacial score (nSPS) is 9.45. The first kappa shape index (κ1) is 30.0. The molecule has 0 aliphatic heterocycles. The van der Waals surface area contributed by atoms with Crippen LogP contribution in [0.15, 0.2) is 77.1 Å². The number of aromatic nitrogens is 3. The number of nitrogens with zero attached hydrogens (tertiary/aromatic N) is 1. The summed E-state index contributed by atoms with van der Waals surface area (Å²) < 4.78 is 6.05. The number of hydrogen-bond acceptors (Lipinski definition) is 7. The predicted molar refractivity (Wildman–Crippen MR) is 153 cm³/mol. The van der Waals surface area contributed by atoms with Crippen LogP contribution in [-0.2, 0) is 12.6 Å². The van der Waals surface area contributed by atoms with Gasteiger partial charge in [0, 0.05) is 0 Å². The molecule has 0 bridgehead atoms. The standard InChI is InChI=1S/3C7H5NS2.2CH4.Na/c3*9-7-8-5-3-1-2-4-6(5)10-7;;;/h3*1-4H,(H,8,9);2*1H4;/q;;;;;+1/p-1. The second-order valence-corrected chi connectivity index (χ2v) is 11.1. The van der Waals surface area contributed by atoms with Gasteiger partial charge in [-0.25, -0.2) is 0 Å². The fourth-order valence-corrected chi connectivity index (χ4v) is 5.94. The Hall–Kier alpha value is -1.01. The second-order valence-electron chi connectivity index (χ2n) is 5.97. The van der Waals surface area contributed by atoms with E-state index in [4.69, 9.17) is 37.1 Å². The topological polar surface area (TPSA) is 44.5 Å². The summed E-state index contributed by atoms with van der Waals surface area (Å²) in [6, 6.07) is 24.2. The summed E-state index contributed by atoms with van der Waals surface area (Å²) in [7, 11) is 0. The van der Waals surface area contributed by atoms with Gasteiger partial charge in [-0.15, -0.1) is 22.7 Å². The van der Waals surface area contributed by atoms with E-state index >= 15 is 0 Å². The Bertz CT molecular complexity index is 1340. The molecule has 33 heavy (non-hydrogen) atoms. The van der Waals surface area contributed by atoms with Crippen molar-refractivity contribution in [1.82, 2.24) is 15.0 Å². The number of rotatable bonds is 0. The minimum Gasteiger partial charge on any atom is -0.408 e. The van der Waals surface area contributed by atoms with E-state index in [1.165, 1.54) is 14.1 Å². The molecule has 166 valence electrons. The Morgan fingerprint density at radius 3 is 1.52 bits per heavy atom. The summed E-state index contributed by atoms with van der Waals surface area (Å²) in [5.74, 6) is 0. The van der Waals surface area contributed by atoms with Crippen LogP contribution >= 0.6 is 58.4 Å². The van der Waals surface area contributed by atoms with Crippen molar-refractivity contribution in [2.75, 3.05) is 0 Å². The number of H-pyrrole nitrogens is 2. The van der Waals surface area contributed by atoms with Crippen molar-refractivity contribution in [2.45, 2.75) is 19.2 Å². The monoisotopic (exact) mass is 555 g/mol. The quantitative estimate of drug-likeness (QED) is 0.129. The molecule has 3 aromatic heterocycles. The van der Waals surface area contributed by atoms with Crippen molar-refractivity contribution in [1.29, 1.82) is 0 Å². The molecular formula is C23H22N3NaS6. The molecule has 6 rings (SSSR count). The maximum absolute atomic E-state index is 4.98. The minimum absolute atomic E-state index is 0. The molecule has 0 amide bonds. The zero-order valence-electron chi connectivity index (χ0n) is 16.3. The third-order valence-corrected chi connectivity index (χ3v) is 7.53. The number of aromatic amines is 2. The van der Waals surface area contributed by atoms with Gasteiger partial charge in [-0.2, -0.15) is 0 Å². The second kappa shape index (κ2) is 14.4. The number of hydrogen-bond donors (Lipinski definition) is 2. The van der Waals surface area contributed by atoms with Crippen molar-refractivity contribution < 1.29 is 29.6 Å². The van der Waals surface area contributed by atoms with Gasteiger partial charge in [-0.1, -0.05) is 57.3 Å². The van der Waals surface area contributed by atoms with Crippen molar-refractivity contribution in [2.24, 2.45) is 0 Å². The van der Waals surface area contributed by atoms with E-state index in [1.54, 1.807) is 34.0 Å².